The van der Waals surface area contributed by atoms with Crippen LogP contribution in [0.1, 0.15) is 23.8 Å². The number of carboxylic acid groups (broad SMARTS) is 1. The van der Waals surface area contributed by atoms with Gasteiger partial charge in [-0.2, -0.15) is 0 Å². The average Bonchev–Trinajstić information content (AvgIpc) is 2.33. The molecule has 0 radical (unpaired) electrons. The molecule has 1 aliphatic rings. The number of carbonyl (C=O) groups is 1. The van der Waals surface area contributed by atoms with Gasteiger partial charge in [0.25, 0.3) is 5.92 Å². The highest BCUT2D eigenvalue weighted by atomic mass is 19.3. The molecule has 1 unspecified atom stereocenters. The van der Waals surface area contributed by atoms with Crippen molar-refractivity contribution in [2.24, 2.45) is 5.92 Å². The molecule has 0 saturated carbocycles. The molecule has 0 aliphatic carbocycles. The summed E-state index contributed by atoms with van der Waals surface area (Å²) >= 11 is 0. The maximum atomic E-state index is 13.3. The third kappa shape index (κ3) is 2.39. The standard InChI is InChI=1S/C11H13F2N3O2/c1-7-6-16(3-2-11(7,12)13)9-5-14-8(4-15-9)10(17)18/h4-5,7H,2-3,6H2,1H3,(H,17,18). The summed E-state index contributed by atoms with van der Waals surface area (Å²) in [6.45, 7) is 1.87. The quantitative estimate of drug-likeness (QED) is 0.872. The summed E-state index contributed by atoms with van der Waals surface area (Å²) in [6, 6.07) is 0. The van der Waals surface area contributed by atoms with E-state index in [9.17, 15) is 13.6 Å². The molecule has 5 nitrogen and oxygen atoms in total. The van der Waals surface area contributed by atoms with Gasteiger partial charge in [-0.15, -0.1) is 0 Å². The van der Waals surface area contributed by atoms with Crippen LogP contribution in [0.25, 0.3) is 0 Å². The smallest absolute Gasteiger partial charge is 0.356 e. The van der Waals surface area contributed by atoms with Gasteiger partial charge in [0.15, 0.2) is 5.69 Å². The molecule has 18 heavy (non-hydrogen) atoms. The van der Waals surface area contributed by atoms with Crippen molar-refractivity contribution in [1.82, 2.24) is 9.97 Å². The van der Waals surface area contributed by atoms with Gasteiger partial charge in [-0.05, 0) is 0 Å². The van der Waals surface area contributed by atoms with Gasteiger partial charge in [0, 0.05) is 25.4 Å². The number of hydrogen-bond donors (Lipinski definition) is 1. The molecule has 0 spiro atoms. The van der Waals surface area contributed by atoms with E-state index < -0.39 is 17.8 Å². The van der Waals surface area contributed by atoms with E-state index in [1.807, 2.05) is 0 Å². The number of rotatable bonds is 2. The highest BCUT2D eigenvalue weighted by molar-refractivity contribution is 5.84. The first-order valence-corrected chi connectivity index (χ1v) is 5.58. The molecule has 0 amide bonds. The van der Waals surface area contributed by atoms with Gasteiger partial charge in [0.1, 0.15) is 5.82 Å². The Morgan fingerprint density at radius 2 is 2.22 bits per heavy atom. The first kappa shape index (κ1) is 12.7. The highest BCUT2D eigenvalue weighted by Crippen LogP contribution is 2.34. The summed E-state index contributed by atoms with van der Waals surface area (Å²) in [5, 5.41) is 8.68. The minimum Gasteiger partial charge on any atom is -0.476 e. The van der Waals surface area contributed by atoms with Crippen LogP contribution in [-0.4, -0.2) is 40.1 Å². The summed E-state index contributed by atoms with van der Waals surface area (Å²) in [5.41, 5.74) is -0.158. The normalized spacial score (nSPS) is 22.8. The summed E-state index contributed by atoms with van der Waals surface area (Å²) < 4.78 is 26.6. The van der Waals surface area contributed by atoms with E-state index in [0.717, 1.165) is 6.20 Å². The molecule has 98 valence electrons. The van der Waals surface area contributed by atoms with Crippen LogP contribution in [0.4, 0.5) is 14.6 Å². The zero-order valence-electron chi connectivity index (χ0n) is 9.81. The second kappa shape index (κ2) is 4.47. The number of alkyl halides is 2. The molecule has 1 atom stereocenters. The maximum Gasteiger partial charge on any atom is 0.356 e. The first-order valence-electron chi connectivity index (χ1n) is 5.58. The summed E-state index contributed by atoms with van der Waals surface area (Å²) in [6.07, 6.45) is 2.21. The number of aromatic carboxylic acids is 1. The Morgan fingerprint density at radius 3 is 2.72 bits per heavy atom. The van der Waals surface area contributed by atoms with Crippen molar-refractivity contribution >= 4 is 11.8 Å². The van der Waals surface area contributed by atoms with E-state index in [4.69, 9.17) is 5.11 Å². The molecular formula is C11H13F2N3O2. The fourth-order valence-corrected chi connectivity index (χ4v) is 1.89. The number of carboxylic acids is 1. The fourth-order valence-electron chi connectivity index (χ4n) is 1.89. The summed E-state index contributed by atoms with van der Waals surface area (Å²) in [5.74, 6) is -4.13. The van der Waals surface area contributed by atoms with Crippen molar-refractivity contribution in [3.8, 4) is 0 Å². The van der Waals surface area contributed by atoms with Gasteiger partial charge in [-0.1, -0.05) is 6.92 Å². The van der Waals surface area contributed by atoms with E-state index in [1.165, 1.54) is 13.1 Å². The Balaban J connectivity index is 2.11. The first-order chi connectivity index (χ1) is 8.40. The molecule has 1 aliphatic heterocycles. The van der Waals surface area contributed by atoms with Gasteiger partial charge in [-0.3, -0.25) is 0 Å². The van der Waals surface area contributed by atoms with Gasteiger partial charge >= 0.3 is 5.97 Å². The number of aromatic nitrogens is 2. The molecule has 0 aromatic carbocycles. The molecule has 1 aromatic heterocycles. The van der Waals surface area contributed by atoms with Crippen molar-refractivity contribution < 1.29 is 18.7 Å². The molecule has 0 bridgehead atoms. The number of nitrogens with zero attached hydrogens (tertiary/aromatic N) is 3. The lowest BCUT2D eigenvalue weighted by Crippen LogP contribution is -2.46. The van der Waals surface area contributed by atoms with Crippen LogP contribution in [-0.2, 0) is 0 Å². The summed E-state index contributed by atoms with van der Waals surface area (Å²) in [7, 11) is 0. The van der Waals surface area contributed by atoms with Crippen LogP contribution in [0, 0.1) is 5.92 Å². The van der Waals surface area contributed by atoms with Crippen molar-refractivity contribution in [3.05, 3.63) is 18.1 Å². The molecule has 1 fully saturated rings. The van der Waals surface area contributed by atoms with Crippen LogP contribution in [0.3, 0.4) is 0 Å². The van der Waals surface area contributed by atoms with E-state index >= 15 is 0 Å². The predicted octanol–water partition coefficient (Wildman–Crippen LogP) is 1.66. The van der Waals surface area contributed by atoms with Crippen LogP contribution < -0.4 is 4.90 Å². The fraction of sp³-hybridized carbons (Fsp3) is 0.545. The van der Waals surface area contributed by atoms with Crippen molar-refractivity contribution in [3.63, 3.8) is 0 Å². The molecule has 2 rings (SSSR count). The Morgan fingerprint density at radius 1 is 1.50 bits per heavy atom. The number of hydrogen-bond acceptors (Lipinski definition) is 4. The van der Waals surface area contributed by atoms with Gasteiger partial charge in [-0.25, -0.2) is 23.5 Å². The molecule has 2 heterocycles. The third-order valence-corrected chi connectivity index (χ3v) is 3.11. The Bertz CT molecular complexity index is 450. The SMILES string of the molecule is CC1CN(c2cnc(C(=O)O)cn2)CCC1(F)F. The zero-order chi connectivity index (χ0) is 13.3. The van der Waals surface area contributed by atoms with E-state index in [2.05, 4.69) is 9.97 Å². The van der Waals surface area contributed by atoms with Gasteiger partial charge in [0.2, 0.25) is 0 Å². The maximum absolute atomic E-state index is 13.3. The van der Waals surface area contributed by atoms with Crippen LogP contribution >= 0.6 is 0 Å². The van der Waals surface area contributed by atoms with Crippen molar-refractivity contribution in [2.75, 3.05) is 18.0 Å². The van der Waals surface area contributed by atoms with Crippen LogP contribution in [0.2, 0.25) is 0 Å². The molecular weight excluding hydrogens is 244 g/mol. The van der Waals surface area contributed by atoms with E-state index in [1.54, 1.807) is 4.90 Å². The van der Waals surface area contributed by atoms with Crippen molar-refractivity contribution in [1.29, 1.82) is 0 Å². The van der Waals surface area contributed by atoms with Crippen molar-refractivity contribution in [2.45, 2.75) is 19.3 Å². The minimum atomic E-state index is -2.65. The lowest BCUT2D eigenvalue weighted by molar-refractivity contribution is -0.0652. The highest BCUT2D eigenvalue weighted by Gasteiger charge is 2.41. The Hall–Kier alpha value is -1.79. The second-order valence-corrected chi connectivity index (χ2v) is 4.42. The minimum absolute atomic E-state index is 0.158. The average molecular weight is 257 g/mol. The summed E-state index contributed by atoms with van der Waals surface area (Å²) in [4.78, 5) is 20.0. The molecule has 1 N–H and O–H groups in total. The van der Waals surface area contributed by atoms with Crippen LogP contribution in [0.15, 0.2) is 12.4 Å². The lowest BCUT2D eigenvalue weighted by Gasteiger charge is -2.37. The molecule has 1 saturated heterocycles. The number of halogens is 2. The zero-order valence-corrected chi connectivity index (χ0v) is 9.81. The Labute approximate surface area is 102 Å². The van der Waals surface area contributed by atoms with Crippen LogP contribution in [0.5, 0.6) is 0 Å². The predicted molar refractivity (Wildman–Crippen MR) is 59.9 cm³/mol. The topological polar surface area (TPSA) is 66.3 Å². The largest absolute Gasteiger partial charge is 0.476 e. The monoisotopic (exact) mass is 257 g/mol. The molecule has 7 heteroatoms. The number of piperidine rings is 1. The second-order valence-electron chi connectivity index (χ2n) is 4.42. The van der Waals surface area contributed by atoms with E-state index in [-0.39, 0.29) is 25.2 Å². The third-order valence-electron chi connectivity index (χ3n) is 3.11. The van der Waals surface area contributed by atoms with Gasteiger partial charge in [0.05, 0.1) is 12.4 Å². The number of anilines is 1. The Kier molecular flexibility index (Phi) is 3.14. The van der Waals surface area contributed by atoms with Gasteiger partial charge < -0.3 is 10.0 Å². The molecule has 1 aromatic rings. The lowest BCUT2D eigenvalue weighted by atomic mass is 9.95. The van der Waals surface area contributed by atoms with E-state index in [0.29, 0.717) is 5.82 Å².